The van der Waals surface area contributed by atoms with Gasteiger partial charge in [-0.2, -0.15) is 11.8 Å². The van der Waals surface area contributed by atoms with Crippen molar-refractivity contribution in [3.8, 4) is 0 Å². The van der Waals surface area contributed by atoms with E-state index in [0.717, 1.165) is 18.7 Å². The monoisotopic (exact) mass is 258 g/mol. The molecule has 3 atom stereocenters. The van der Waals surface area contributed by atoms with Gasteiger partial charge in [-0.25, -0.2) is 0 Å². The molecule has 2 fully saturated rings. The Labute approximate surface area is 105 Å². The van der Waals surface area contributed by atoms with E-state index in [9.17, 15) is 9.59 Å². The minimum atomic E-state index is -0.907. The van der Waals surface area contributed by atoms with Gasteiger partial charge in [0.25, 0.3) is 0 Å². The molecule has 0 saturated carbocycles. The second-order valence-electron chi connectivity index (χ2n) is 4.68. The van der Waals surface area contributed by atoms with Crippen LogP contribution in [0.1, 0.15) is 19.8 Å². The molecule has 6 heteroatoms. The van der Waals surface area contributed by atoms with Crippen molar-refractivity contribution in [2.75, 3.05) is 18.8 Å². The quantitative estimate of drug-likeness (QED) is 0.754. The molecular weight excluding hydrogens is 240 g/mol. The Morgan fingerprint density at radius 3 is 3.00 bits per heavy atom. The second-order valence-corrected chi connectivity index (χ2v) is 6.15. The van der Waals surface area contributed by atoms with Crippen molar-refractivity contribution in [3.05, 3.63) is 0 Å². The van der Waals surface area contributed by atoms with E-state index in [1.807, 2.05) is 11.8 Å². The van der Waals surface area contributed by atoms with Crippen molar-refractivity contribution >= 4 is 23.6 Å². The minimum Gasteiger partial charge on any atom is -0.481 e. The smallest absolute Gasteiger partial charge is 0.305 e. The molecule has 0 aromatic rings. The number of carboxylic acid groups (broad SMARTS) is 1. The topological polar surface area (TPSA) is 69.6 Å². The zero-order valence-corrected chi connectivity index (χ0v) is 10.7. The normalized spacial score (nSPS) is 34.6. The average molecular weight is 258 g/mol. The van der Waals surface area contributed by atoms with Gasteiger partial charge in [-0.1, -0.05) is 6.92 Å². The molecule has 0 aromatic carbocycles. The minimum absolute atomic E-state index is 0.0959. The van der Waals surface area contributed by atoms with Gasteiger partial charge in [0.1, 0.15) is 0 Å². The number of rotatable bonds is 3. The summed E-state index contributed by atoms with van der Waals surface area (Å²) in [6.07, 6.45) is 0.954. The van der Waals surface area contributed by atoms with Crippen LogP contribution in [0.15, 0.2) is 0 Å². The van der Waals surface area contributed by atoms with Crippen molar-refractivity contribution in [2.45, 2.75) is 37.1 Å². The van der Waals surface area contributed by atoms with Crippen LogP contribution in [0.5, 0.6) is 0 Å². The highest BCUT2D eigenvalue weighted by molar-refractivity contribution is 8.00. The van der Waals surface area contributed by atoms with Crippen LogP contribution in [0.25, 0.3) is 0 Å². The molecule has 0 bridgehead atoms. The fourth-order valence-corrected chi connectivity index (χ4v) is 3.81. The van der Waals surface area contributed by atoms with Gasteiger partial charge in [-0.3, -0.25) is 14.5 Å². The van der Waals surface area contributed by atoms with Crippen LogP contribution in [0, 0.1) is 0 Å². The maximum atomic E-state index is 11.8. The van der Waals surface area contributed by atoms with Crippen molar-refractivity contribution < 1.29 is 14.7 Å². The van der Waals surface area contributed by atoms with Gasteiger partial charge in [0.05, 0.1) is 12.5 Å². The Morgan fingerprint density at radius 2 is 2.41 bits per heavy atom. The van der Waals surface area contributed by atoms with Crippen LogP contribution >= 0.6 is 11.8 Å². The lowest BCUT2D eigenvalue weighted by Gasteiger charge is -2.38. The highest BCUT2D eigenvalue weighted by Crippen LogP contribution is 2.31. The lowest BCUT2D eigenvalue weighted by Crippen LogP contribution is -2.59. The lowest BCUT2D eigenvalue weighted by atomic mass is 10.0. The predicted molar refractivity (Wildman–Crippen MR) is 66.1 cm³/mol. The van der Waals surface area contributed by atoms with Crippen LogP contribution in [0.3, 0.4) is 0 Å². The molecule has 96 valence electrons. The third kappa shape index (κ3) is 2.93. The summed E-state index contributed by atoms with van der Waals surface area (Å²) in [5.41, 5.74) is 0. The first-order valence-electron chi connectivity index (χ1n) is 5.94. The van der Waals surface area contributed by atoms with E-state index < -0.39 is 12.0 Å². The zero-order valence-electron chi connectivity index (χ0n) is 9.89. The fraction of sp³-hybridized carbons (Fsp3) is 0.818. The Balaban J connectivity index is 2.06. The lowest BCUT2D eigenvalue weighted by molar-refractivity contribution is -0.143. The fourth-order valence-electron chi connectivity index (χ4n) is 2.57. The van der Waals surface area contributed by atoms with Crippen LogP contribution in [0.4, 0.5) is 0 Å². The summed E-state index contributed by atoms with van der Waals surface area (Å²) in [6.45, 7) is 3.58. The average Bonchev–Trinajstić information content (AvgIpc) is 2.67. The number of carbonyl (C=O) groups excluding carboxylic acids is 1. The molecular formula is C11H18N2O3S. The van der Waals surface area contributed by atoms with Gasteiger partial charge in [-0.05, 0) is 6.42 Å². The van der Waals surface area contributed by atoms with E-state index in [0.29, 0.717) is 17.8 Å². The number of thioether (sulfide) groups is 1. The van der Waals surface area contributed by atoms with Crippen molar-refractivity contribution in [2.24, 2.45) is 0 Å². The summed E-state index contributed by atoms with van der Waals surface area (Å²) in [5.74, 6) is -0.0381. The number of carbonyl (C=O) groups is 2. The third-order valence-corrected chi connectivity index (χ3v) is 4.73. The molecule has 0 aromatic heterocycles. The molecule has 3 unspecified atom stereocenters. The standard InChI is InChI=1S/C11H18N2O3S/c1-7-4-8(6-17-7)13-3-2-12-11(16)9(13)5-10(14)15/h7-9H,2-6H2,1H3,(H,12,16)(H,14,15). The van der Waals surface area contributed by atoms with E-state index in [1.165, 1.54) is 0 Å². The Morgan fingerprint density at radius 1 is 1.65 bits per heavy atom. The summed E-state index contributed by atoms with van der Waals surface area (Å²) in [6, 6.07) is -0.137. The van der Waals surface area contributed by atoms with Gasteiger partial charge in [0.2, 0.25) is 5.91 Å². The van der Waals surface area contributed by atoms with Gasteiger partial charge in [0.15, 0.2) is 0 Å². The number of carboxylic acids is 1. The Hall–Kier alpha value is -0.750. The molecule has 0 aliphatic carbocycles. The first-order chi connectivity index (χ1) is 8.08. The largest absolute Gasteiger partial charge is 0.481 e. The summed E-state index contributed by atoms with van der Waals surface area (Å²) in [7, 11) is 0. The SMILES string of the molecule is CC1CC(N2CCNC(=O)C2CC(=O)O)CS1. The molecule has 2 saturated heterocycles. The molecule has 5 nitrogen and oxygen atoms in total. The first-order valence-corrected chi connectivity index (χ1v) is 6.99. The number of aliphatic carboxylic acids is 1. The van der Waals surface area contributed by atoms with Gasteiger partial charge in [0, 0.05) is 30.1 Å². The van der Waals surface area contributed by atoms with Crippen LogP contribution in [-0.4, -0.2) is 58.1 Å². The molecule has 1 amide bonds. The Bertz CT molecular complexity index is 324. The maximum absolute atomic E-state index is 11.8. The number of hydrogen-bond donors (Lipinski definition) is 2. The van der Waals surface area contributed by atoms with Crippen LogP contribution < -0.4 is 5.32 Å². The van der Waals surface area contributed by atoms with E-state index in [-0.39, 0.29) is 12.3 Å². The van der Waals surface area contributed by atoms with Gasteiger partial charge in [-0.15, -0.1) is 0 Å². The van der Waals surface area contributed by atoms with Gasteiger partial charge < -0.3 is 10.4 Å². The van der Waals surface area contributed by atoms with Crippen molar-refractivity contribution in [1.29, 1.82) is 0 Å². The molecule has 2 N–H and O–H groups in total. The third-order valence-electron chi connectivity index (χ3n) is 3.39. The first kappa shape index (κ1) is 12.7. The molecule has 2 aliphatic heterocycles. The Kier molecular flexibility index (Phi) is 3.93. The number of nitrogens with one attached hydrogen (secondary N) is 1. The summed E-state index contributed by atoms with van der Waals surface area (Å²) in [5, 5.41) is 12.2. The van der Waals surface area contributed by atoms with E-state index >= 15 is 0 Å². The second kappa shape index (κ2) is 5.27. The van der Waals surface area contributed by atoms with Gasteiger partial charge >= 0.3 is 5.97 Å². The summed E-state index contributed by atoms with van der Waals surface area (Å²) in [4.78, 5) is 24.7. The highest BCUT2D eigenvalue weighted by atomic mass is 32.2. The van der Waals surface area contributed by atoms with E-state index in [4.69, 9.17) is 5.11 Å². The maximum Gasteiger partial charge on any atom is 0.305 e. The van der Waals surface area contributed by atoms with Crippen molar-refractivity contribution in [1.82, 2.24) is 10.2 Å². The molecule has 2 aliphatic rings. The van der Waals surface area contributed by atoms with E-state index in [1.54, 1.807) is 0 Å². The van der Waals surface area contributed by atoms with Crippen molar-refractivity contribution in [3.63, 3.8) is 0 Å². The number of piperazine rings is 1. The summed E-state index contributed by atoms with van der Waals surface area (Å²) < 4.78 is 0. The molecule has 2 heterocycles. The highest BCUT2D eigenvalue weighted by Gasteiger charge is 2.38. The molecule has 0 spiro atoms. The molecule has 2 rings (SSSR count). The van der Waals surface area contributed by atoms with E-state index in [2.05, 4.69) is 17.1 Å². The predicted octanol–water partition coefficient (Wildman–Crippen LogP) is 0.155. The zero-order chi connectivity index (χ0) is 12.4. The molecule has 0 radical (unpaired) electrons. The summed E-state index contributed by atoms with van der Waals surface area (Å²) >= 11 is 1.90. The van der Waals surface area contributed by atoms with Crippen LogP contribution in [0.2, 0.25) is 0 Å². The molecule has 17 heavy (non-hydrogen) atoms. The number of nitrogens with zero attached hydrogens (tertiary/aromatic N) is 1. The number of hydrogen-bond acceptors (Lipinski definition) is 4. The number of amides is 1. The van der Waals surface area contributed by atoms with Crippen LogP contribution in [-0.2, 0) is 9.59 Å².